The molecule has 3 N–H and O–H groups in total. The zero-order valence-electron chi connectivity index (χ0n) is 11.6. The number of carbonyl (C=O) groups is 1. The van der Waals surface area contributed by atoms with Crippen LogP contribution in [0, 0.1) is 11.8 Å². The number of hydrogen-bond donors (Lipinski definition) is 2. The van der Waals surface area contributed by atoms with Crippen molar-refractivity contribution in [2.75, 3.05) is 11.9 Å². The molecule has 5 heteroatoms. The first-order valence-electron chi connectivity index (χ1n) is 6.52. The van der Waals surface area contributed by atoms with Gasteiger partial charge in [-0.05, 0) is 41.6 Å². The third kappa shape index (κ3) is 3.85. The van der Waals surface area contributed by atoms with Gasteiger partial charge in [-0.25, -0.2) is 0 Å². The van der Waals surface area contributed by atoms with E-state index in [1.807, 2.05) is 18.4 Å². The molecule has 0 aliphatic carbocycles. The lowest BCUT2D eigenvalue weighted by molar-refractivity contribution is 0.103. The molecular weight excluding hydrogens is 304 g/mol. The van der Waals surface area contributed by atoms with E-state index in [1.54, 1.807) is 18.2 Å². The first-order chi connectivity index (χ1) is 10.2. The highest BCUT2D eigenvalue weighted by atomic mass is 35.5. The molecule has 1 aromatic carbocycles. The van der Waals surface area contributed by atoms with Crippen molar-refractivity contribution in [3.05, 3.63) is 50.7 Å². The molecular formula is C16H15ClN2OS. The van der Waals surface area contributed by atoms with Crippen LogP contribution in [0.3, 0.4) is 0 Å². The van der Waals surface area contributed by atoms with Crippen LogP contribution in [0.4, 0.5) is 5.69 Å². The number of thiophene rings is 1. The highest BCUT2D eigenvalue weighted by Gasteiger charge is 2.12. The normalized spacial score (nSPS) is 9.86. The van der Waals surface area contributed by atoms with Crippen LogP contribution < -0.4 is 11.1 Å². The number of carbonyl (C=O) groups excluding carboxylic acids is 1. The van der Waals surface area contributed by atoms with E-state index in [4.69, 9.17) is 17.3 Å². The fourth-order valence-electron chi connectivity index (χ4n) is 1.85. The van der Waals surface area contributed by atoms with Gasteiger partial charge in [0, 0.05) is 11.3 Å². The van der Waals surface area contributed by atoms with Gasteiger partial charge in [-0.3, -0.25) is 4.79 Å². The average molecular weight is 319 g/mol. The Balaban J connectivity index is 2.22. The molecule has 0 aliphatic rings. The van der Waals surface area contributed by atoms with Gasteiger partial charge in [0.05, 0.1) is 16.4 Å². The van der Waals surface area contributed by atoms with Crippen LogP contribution in [0.25, 0.3) is 0 Å². The Morgan fingerprint density at radius 2 is 2.24 bits per heavy atom. The molecule has 3 nitrogen and oxygen atoms in total. The van der Waals surface area contributed by atoms with Crippen LogP contribution in [0.15, 0.2) is 29.6 Å². The molecule has 21 heavy (non-hydrogen) atoms. The smallest absolute Gasteiger partial charge is 0.266 e. The molecule has 0 fully saturated rings. The summed E-state index contributed by atoms with van der Waals surface area (Å²) in [6.45, 7) is 2.30. The number of benzene rings is 1. The van der Waals surface area contributed by atoms with E-state index in [1.165, 1.54) is 11.3 Å². The van der Waals surface area contributed by atoms with Crippen molar-refractivity contribution in [1.29, 1.82) is 0 Å². The van der Waals surface area contributed by atoms with Crippen molar-refractivity contribution in [2.45, 2.75) is 13.3 Å². The van der Waals surface area contributed by atoms with E-state index in [9.17, 15) is 4.79 Å². The van der Waals surface area contributed by atoms with Crippen molar-refractivity contribution in [1.82, 2.24) is 0 Å². The number of halogens is 1. The number of amides is 1. The van der Waals surface area contributed by atoms with Crippen LogP contribution in [0.1, 0.15) is 27.7 Å². The van der Waals surface area contributed by atoms with Crippen molar-refractivity contribution >= 4 is 34.5 Å². The summed E-state index contributed by atoms with van der Waals surface area (Å²) in [6.07, 6.45) is 0.833. The van der Waals surface area contributed by atoms with Crippen molar-refractivity contribution in [3.8, 4) is 11.8 Å². The molecule has 0 atom stereocenters. The lowest BCUT2D eigenvalue weighted by Gasteiger charge is -2.06. The van der Waals surface area contributed by atoms with Gasteiger partial charge < -0.3 is 11.1 Å². The molecule has 0 spiro atoms. The maximum Gasteiger partial charge on any atom is 0.266 e. The fourth-order valence-corrected chi connectivity index (χ4v) is 2.90. The third-order valence-electron chi connectivity index (χ3n) is 2.88. The van der Waals surface area contributed by atoms with Crippen LogP contribution in [0.5, 0.6) is 0 Å². The zero-order chi connectivity index (χ0) is 15.2. The van der Waals surface area contributed by atoms with E-state index in [0.717, 1.165) is 16.9 Å². The van der Waals surface area contributed by atoms with Crippen LogP contribution in [0.2, 0.25) is 5.02 Å². The highest BCUT2D eigenvalue weighted by molar-refractivity contribution is 7.12. The Morgan fingerprint density at radius 3 is 2.95 bits per heavy atom. The van der Waals surface area contributed by atoms with E-state index in [-0.39, 0.29) is 12.5 Å². The second-order valence-corrected chi connectivity index (χ2v) is 5.61. The Kier molecular flexibility index (Phi) is 5.40. The summed E-state index contributed by atoms with van der Waals surface area (Å²) in [5.41, 5.74) is 7.73. The molecule has 2 aromatic rings. The summed E-state index contributed by atoms with van der Waals surface area (Å²) < 4.78 is 0. The van der Waals surface area contributed by atoms with Gasteiger partial charge in [0.1, 0.15) is 0 Å². The molecule has 0 aliphatic heterocycles. The number of nitrogens with two attached hydrogens (primary N) is 1. The lowest BCUT2D eigenvalue weighted by Crippen LogP contribution is -2.12. The molecule has 1 aromatic heterocycles. The topological polar surface area (TPSA) is 55.1 Å². The monoisotopic (exact) mass is 318 g/mol. The number of anilines is 1. The largest absolute Gasteiger partial charge is 0.321 e. The minimum Gasteiger partial charge on any atom is -0.321 e. The summed E-state index contributed by atoms with van der Waals surface area (Å²) in [4.78, 5) is 13.0. The predicted molar refractivity (Wildman–Crippen MR) is 89.0 cm³/mol. The predicted octanol–water partition coefficient (Wildman–Crippen LogP) is 3.53. The minimum atomic E-state index is -0.109. The molecule has 0 radical (unpaired) electrons. The van der Waals surface area contributed by atoms with Gasteiger partial charge in [0.2, 0.25) is 0 Å². The SMILES string of the molecule is CCc1ccsc1C(=O)Nc1ccc(Cl)c(C#CCN)c1. The van der Waals surface area contributed by atoms with E-state index < -0.39 is 0 Å². The van der Waals surface area contributed by atoms with Gasteiger partial charge >= 0.3 is 0 Å². The van der Waals surface area contributed by atoms with E-state index >= 15 is 0 Å². The van der Waals surface area contributed by atoms with Gasteiger partial charge in [-0.1, -0.05) is 30.4 Å². The van der Waals surface area contributed by atoms with Gasteiger partial charge in [-0.2, -0.15) is 0 Å². The quantitative estimate of drug-likeness (QED) is 0.851. The highest BCUT2D eigenvalue weighted by Crippen LogP contribution is 2.22. The Morgan fingerprint density at radius 1 is 1.43 bits per heavy atom. The Bertz CT molecular complexity index is 713. The van der Waals surface area contributed by atoms with Gasteiger partial charge in [0.25, 0.3) is 5.91 Å². The average Bonchev–Trinajstić information content (AvgIpc) is 2.96. The van der Waals surface area contributed by atoms with E-state index in [0.29, 0.717) is 16.3 Å². The maximum absolute atomic E-state index is 12.3. The summed E-state index contributed by atoms with van der Waals surface area (Å²) in [6, 6.07) is 7.20. The Labute approximate surface area is 133 Å². The minimum absolute atomic E-state index is 0.109. The second-order valence-electron chi connectivity index (χ2n) is 4.28. The molecule has 1 heterocycles. The molecule has 0 saturated heterocycles. The standard InChI is InChI=1S/C16H15ClN2OS/c1-2-11-7-9-21-15(11)16(20)19-13-5-6-14(17)12(10-13)4-3-8-18/h5-7,9-10H,2,8,18H2,1H3,(H,19,20). The molecule has 1 amide bonds. The molecule has 0 unspecified atom stereocenters. The summed E-state index contributed by atoms with van der Waals surface area (Å²) in [5, 5.41) is 5.34. The zero-order valence-corrected chi connectivity index (χ0v) is 13.1. The number of rotatable bonds is 3. The summed E-state index contributed by atoms with van der Waals surface area (Å²) in [7, 11) is 0. The fraction of sp³-hybridized carbons (Fsp3) is 0.188. The van der Waals surface area contributed by atoms with Crippen molar-refractivity contribution in [3.63, 3.8) is 0 Å². The maximum atomic E-state index is 12.3. The first kappa shape index (κ1) is 15.6. The van der Waals surface area contributed by atoms with Crippen LogP contribution >= 0.6 is 22.9 Å². The lowest BCUT2D eigenvalue weighted by atomic mass is 10.2. The molecule has 0 saturated carbocycles. The van der Waals surface area contributed by atoms with Crippen molar-refractivity contribution in [2.24, 2.45) is 5.73 Å². The molecule has 0 bridgehead atoms. The molecule has 108 valence electrons. The van der Waals surface area contributed by atoms with Crippen LogP contribution in [-0.2, 0) is 6.42 Å². The third-order valence-corrected chi connectivity index (χ3v) is 4.17. The van der Waals surface area contributed by atoms with Crippen LogP contribution in [-0.4, -0.2) is 12.5 Å². The summed E-state index contributed by atoms with van der Waals surface area (Å²) >= 11 is 7.50. The van der Waals surface area contributed by atoms with Gasteiger partial charge in [-0.15, -0.1) is 11.3 Å². The molecule has 2 rings (SSSR count). The second kappa shape index (κ2) is 7.28. The number of hydrogen-bond acceptors (Lipinski definition) is 3. The summed E-state index contributed by atoms with van der Waals surface area (Å²) in [5.74, 6) is 5.53. The number of aryl methyl sites for hydroxylation is 1. The van der Waals surface area contributed by atoms with E-state index in [2.05, 4.69) is 17.2 Å². The first-order valence-corrected chi connectivity index (χ1v) is 7.77. The number of nitrogens with one attached hydrogen (secondary N) is 1. The van der Waals surface area contributed by atoms with Crippen molar-refractivity contribution < 1.29 is 4.79 Å². The van der Waals surface area contributed by atoms with Gasteiger partial charge in [0.15, 0.2) is 0 Å². The Hall–Kier alpha value is -1.80.